The van der Waals surface area contributed by atoms with E-state index in [0.717, 1.165) is 16.0 Å². The van der Waals surface area contributed by atoms with E-state index in [1.165, 1.54) is 5.56 Å². The van der Waals surface area contributed by atoms with Crippen molar-refractivity contribution in [3.63, 3.8) is 0 Å². The predicted molar refractivity (Wildman–Crippen MR) is 76.4 cm³/mol. The maximum absolute atomic E-state index is 9.49. The molecule has 2 nitrogen and oxygen atoms in total. The van der Waals surface area contributed by atoms with Crippen molar-refractivity contribution in [1.82, 2.24) is 4.90 Å². The Bertz CT molecular complexity index is 368. The topological polar surface area (TPSA) is 23.5 Å². The van der Waals surface area contributed by atoms with Gasteiger partial charge in [-0.15, -0.1) is 0 Å². The van der Waals surface area contributed by atoms with Crippen LogP contribution in [0.4, 0.5) is 0 Å². The van der Waals surface area contributed by atoms with Crippen LogP contribution in [-0.4, -0.2) is 28.7 Å². The van der Waals surface area contributed by atoms with Crippen molar-refractivity contribution in [2.45, 2.75) is 39.5 Å². The molecule has 0 aromatic heterocycles. The molecule has 1 N–H and O–H groups in total. The van der Waals surface area contributed by atoms with Crippen LogP contribution in [-0.2, 0) is 6.54 Å². The van der Waals surface area contributed by atoms with Gasteiger partial charge in [-0.05, 0) is 38.5 Å². The number of rotatable bonds is 5. The summed E-state index contributed by atoms with van der Waals surface area (Å²) in [7, 11) is 0. The van der Waals surface area contributed by atoms with Crippen LogP contribution in [0.1, 0.15) is 26.3 Å². The lowest BCUT2D eigenvalue weighted by Crippen LogP contribution is -2.36. The monoisotopic (exact) mass is 319 g/mol. The van der Waals surface area contributed by atoms with Crippen LogP contribution in [0.3, 0.4) is 0 Å². The first kappa shape index (κ1) is 15.0. The lowest BCUT2D eigenvalue weighted by Gasteiger charge is -2.28. The van der Waals surface area contributed by atoms with Gasteiger partial charge < -0.3 is 5.11 Å². The summed E-state index contributed by atoms with van der Waals surface area (Å²) in [4.78, 5) is 2.23. The first-order valence-electron chi connectivity index (χ1n) is 5.76. The van der Waals surface area contributed by atoms with E-state index in [0.29, 0.717) is 12.6 Å². The Morgan fingerprint density at radius 3 is 2.47 bits per heavy atom. The number of aliphatic hydroxyl groups is 1. The quantitative estimate of drug-likeness (QED) is 0.894. The van der Waals surface area contributed by atoms with Gasteiger partial charge in [-0.2, -0.15) is 0 Å². The van der Waals surface area contributed by atoms with Crippen molar-refractivity contribution < 1.29 is 5.11 Å². The van der Waals surface area contributed by atoms with Crippen LogP contribution in [0, 0.1) is 0 Å². The highest BCUT2D eigenvalue weighted by Crippen LogP contribution is 2.23. The Labute approximate surface area is 117 Å². The van der Waals surface area contributed by atoms with Gasteiger partial charge in [0.2, 0.25) is 0 Å². The summed E-state index contributed by atoms with van der Waals surface area (Å²) in [6.07, 6.45) is -0.316. The van der Waals surface area contributed by atoms with Crippen molar-refractivity contribution in [3.05, 3.63) is 33.3 Å². The maximum atomic E-state index is 9.49. The highest BCUT2D eigenvalue weighted by atomic mass is 79.9. The van der Waals surface area contributed by atoms with Gasteiger partial charge in [-0.3, -0.25) is 4.90 Å². The molecule has 0 aliphatic carbocycles. The highest BCUT2D eigenvalue weighted by molar-refractivity contribution is 9.10. The minimum Gasteiger partial charge on any atom is -0.392 e. The van der Waals surface area contributed by atoms with Crippen LogP contribution in [0.2, 0.25) is 5.02 Å². The smallest absolute Gasteiger partial charge is 0.0639 e. The SMILES string of the molecule is CC(O)CN(Cc1ccc(Cl)cc1Br)C(C)C. The average molecular weight is 321 g/mol. The minimum atomic E-state index is -0.316. The van der Waals surface area contributed by atoms with E-state index < -0.39 is 0 Å². The molecule has 0 fully saturated rings. The van der Waals surface area contributed by atoms with Gasteiger partial charge in [0.15, 0.2) is 0 Å². The summed E-state index contributed by atoms with van der Waals surface area (Å²) in [5.74, 6) is 0. The Morgan fingerprint density at radius 1 is 1.35 bits per heavy atom. The molecule has 0 aliphatic rings. The van der Waals surface area contributed by atoms with Crippen LogP contribution >= 0.6 is 27.5 Å². The van der Waals surface area contributed by atoms with Crippen molar-refractivity contribution in [2.75, 3.05) is 6.54 Å². The average Bonchev–Trinajstić information content (AvgIpc) is 2.19. The van der Waals surface area contributed by atoms with Gasteiger partial charge in [-0.1, -0.05) is 33.6 Å². The molecule has 1 aromatic carbocycles. The van der Waals surface area contributed by atoms with Crippen molar-refractivity contribution >= 4 is 27.5 Å². The largest absolute Gasteiger partial charge is 0.392 e. The third kappa shape index (κ3) is 4.96. The predicted octanol–water partition coefficient (Wildman–Crippen LogP) is 3.69. The number of aliphatic hydroxyl groups excluding tert-OH is 1. The Balaban J connectivity index is 2.78. The Morgan fingerprint density at radius 2 is 2.00 bits per heavy atom. The van der Waals surface area contributed by atoms with E-state index in [1.54, 1.807) is 0 Å². The number of nitrogens with zero attached hydrogens (tertiary/aromatic N) is 1. The summed E-state index contributed by atoms with van der Waals surface area (Å²) in [5.41, 5.74) is 1.18. The van der Waals surface area contributed by atoms with E-state index in [1.807, 2.05) is 25.1 Å². The van der Waals surface area contributed by atoms with Crippen molar-refractivity contribution in [3.8, 4) is 0 Å². The maximum Gasteiger partial charge on any atom is 0.0639 e. The summed E-state index contributed by atoms with van der Waals surface area (Å²) in [6, 6.07) is 6.21. The third-order valence-corrected chi connectivity index (χ3v) is 3.59. The van der Waals surface area contributed by atoms with E-state index in [-0.39, 0.29) is 6.10 Å². The van der Waals surface area contributed by atoms with Gasteiger partial charge in [0.1, 0.15) is 0 Å². The normalized spacial score (nSPS) is 13.4. The van der Waals surface area contributed by atoms with E-state index in [2.05, 4.69) is 34.7 Å². The molecule has 0 spiro atoms. The molecule has 0 amide bonds. The van der Waals surface area contributed by atoms with Gasteiger partial charge in [0, 0.05) is 28.6 Å². The zero-order valence-electron chi connectivity index (χ0n) is 10.5. The molecule has 0 saturated heterocycles. The second-order valence-corrected chi connectivity index (χ2v) is 5.90. The molecule has 0 aliphatic heterocycles. The first-order valence-corrected chi connectivity index (χ1v) is 6.93. The highest BCUT2D eigenvalue weighted by Gasteiger charge is 2.14. The molecular formula is C13H19BrClNO. The zero-order valence-corrected chi connectivity index (χ0v) is 12.8. The Hall–Kier alpha value is -0.0900. The molecule has 0 bridgehead atoms. The minimum absolute atomic E-state index is 0.316. The number of halogens is 2. The van der Waals surface area contributed by atoms with Crippen LogP contribution in [0.15, 0.2) is 22.7 Å². The summed E-state index contributed by atoms with van der Waals surface area (Å²) in [5, 5.41) is 10.2. The molecule has 4 heteroatoms. The van der Waals surface area contributed by atoms with Gasteiger partial charge >= 0.3 is 0 Å². The van der Waals surface area contributed by atoms with Gasteiger partial charge in [0.25, 0.3) is 0 Å². The standard InChI is InChI=1S/C13H19BrClNO/c1-9(2)16(7-10(3)17)8-11-4-5-12(15)6-13(11)14/h4-6,9-10,17H,7-8H2,1-3H3. The third-order valence-electron chi connectivity index (χ3n) is 2.62. The summed E-state index contributed by atoms with van der Waals surface area (Å²) >= 11 is 9.43. The zero-order chi connectivity index (χ0) is 13.0. The Kier molecular flexibility index (Phi) is 5.93. The molecule has 0 heterocycles. The van der Waals surface area contributed by atoms with Crippen molar-refractivity contribution in [2.24, 2.45) is 0 Å². The molecule has 1 rings (SSSR count). The van der Waals surface area contributed by atoms with Gasteiger partial charge in [0.05, 0.1) is 6.10 Å². The molecule has 0 radical (unpaired) electrons. The molecular weight excluding hydrogens is 302 g/mol. The molecule has 0 saturated carbocycles. The molecule has 17 heavy (non-hydrogen) atoms. The number of hydrogen-bond donors (Lipinski definition) is 1. The molecule has 1 aromatic rings. The van der Waals surface area contributed by atoms with E-state index >= 15 is 0 Å². The molecule has 1 unspecified atom stereocenters. The second kappa shape index (κ2) is 6.74. The van der Waals surface area contributed by atoms with Crippen molar-refractivity contribution in [1.29, 1.82) is 0 Å². The lowest BCUT2D eigenvalue weighted by atomic mass is 10.1. The fourth-order valence-electron chi connectivity index (χ4n) is 1.67. The summed E-state index contributed by atoms with van der Waals surface area (Å²) in [6.45, 7) is 7.55. The number of benzene rings is 1. The van der Waals surface area contributed by atoms with Crippen LogP contribution in [0.25, 0.3) is 0 Å². The summed E-state index contributed by atoms with van der Waals surface area (Å²) < 4.78 is 1.02. The van der Waals surface area contributed by atoms with Gasteiger partial charge in [-0.25, -0.2) is 0 Å². The fraction of sp³-hybridized carbons (Fsp3) is 0.538. The molecule has 96 valence electrons. The fourth-order valence-corrected chi connectivity index (χ4v) is 2.47. The van der Waals surface area contributed by atoms with E-state index in [9.17, 15) is 5.11 Å². The first-order chi connectivity index (χ1) is 7.90. The van der Waals surface area contributed by atoms with Crippen LogP contribution in [0.5, 0.6) is 0 Å². The molecule has 1 atom stereocenters. The van der Waals surface area contributed by atoms with Crippen LogP contribution < -0.4 is 0 Å². The second-order valence-electron chi connectivity index (χ2n) is 4.61. The van der Waals surface area contributed by atoms with E-state index in [4.69, 9.17) is 11.6 Å². The lowest BCUT2D eigenvalue weighted by molar-refractivity contribution is 0.103. The number of hydrogen-bond acceptors (Lipinski definition) is 2.